The predicted molar refractivity (Wildman–Crippen MR) is 97.8 cm³/mol. The van der Waals surface area contributed by atoms with Crippen LogP contribution in [0, 0.1) is 10.5 Å². The van der Waals surface area contributed by atoms with Gasteiger partial charge in [-0.3, -0.25) is 9.36 Å². The zero-order valence-corrected chi connectivity index (χ0v) is 15.7. The predicted octanol–water partition coefficient (Wildman–Crippen LogP) is 5.08. The maximum Gasteiger partial charge on any atom is 0.266 e. The molecular formula is C17H29IN2O. The summed E-state index contributed by atoms with van der Waals surface area (Å²) in [4.78, 5) is 16.3. The average Bonchev–Trinajstić information content (AvgIpc) is 2.49. The Morgan fingerprint density at radius 1 is 1.00 bits per heavy atom. The molecule has 0 N–H and O–H groups in total. The van der Waals surface area contributed by atoms with Crippen molar-refractivity contribution in [2.75, 3.05) is 0 Å². The van der Waals surface area contributed by atoms with Gasteiger partial charge in [0.05, 0.1) is 15.6 Å². The summed E-state index contributed by atoms with van der Waals surface area (Å²) < 4.78 is 2.50. The third-order valence-electron chi connectivity index (χ3n) is 3.91. The lowest BCUT2D eigenvalue weighted by atomic mass is 10.1. The number of aromatic nitrogens is 2. The highest BCUT2D eigenvalue weighted by Gasteiger charge is 2.04. The fourth-order valence-electron chi connectivity index (χ4n) is 2.48. The Morgan fingerprint density at radius 2 is 1.52 bits per heavy atom. The second-order valence-corrected chi connectivity index (χ2v) is 6.90. The van der Waals surface area contributed by atoms with Crippen molar-refractivity contribution in [2.24, 2.45) is 0 Å². The van der Waals surface area contributed by atoms with Gasteiger partial charge in [0.2, 0.25) is 0 Å². The topological polar surface area (TPSA) is 34.9 Å². The Morgan fingerprint density at radius 3 is 2.10 bits per heavy atom. The average molecular weight is 404 g/mol. The first-order valence-electron chi connectivity index (χ1n) is 8.38. The fraction of sp³-hybridized carbons (Fsp3) is 0.765. The second-order valence-electron chi connectivity index (χ2n) is 5.82. The third-order valence-corrected chi connectivity index (χ3v) is 5.15. The van der Waals surface area contributed by atoms with Crippen LogP contribution in [0.4, 0.5) is 0 Å². The quantitative estimate of drug-likeness (QED) is 0.381. The first-order chi connectivity index (χ1) is 10.2. The minimum Gasteiger partial charge on any atom is -0.298 e. The lowest BCUT2D eigenvalue weighted by Crippen LogP contribution is -2.24. The molecule has 0 fully saturated rings. The van der Waals surface area contributed by atoms with Gasteiger partial charge >= 0.3 is 0 Å². The monoisotopic (exact) mass is 404 g/mol. The first-order valence-corrected chi connectivity index (χ1v) is 9.46. The number of halogens is 1. The Hall–Kier alpha value is -0.390. The van der Waals surface area contributed by atoms with E-state index >= 15 is 0 Å². The second kappa shape index (κ2) is 11.2. The molecule has 0 unspecified atom stereocenters. The summed E-state index contributed by atoms with van der Waals surface area (Å²) in [7, 11) is 0. The standard InChI is InChI=1S/C17H29IN2O/c1-3-4-5-6-7-8-9-10-11-12-13-20-14-19-15(2)16(18)17(20)21/h14H,3-13H2,1-2H3. The van der Waals surface area contributed by atoms with Crippen molar-refractivity contribution in [3.8, 4) is 0 Å². The molecule has 0 radical (unpaired) electrons. The summed E-state index contributed by atoms with van der Waals surface area (Å²) in [5.74, 6) is 0. The molecule has 21 heavy (non-hydrogen) atoms. The SMILES string of the molecule is CCCCCCCCCCCCn1cnc(C)c(I)c1=O. The molecule has 0 saturated heterocycles. The minimum absolute atomic E-state index is 0.110. The van der Waals surface area contributed by atoms with Crippen molar-refractivity contribution in [2.45, 2.75) is 84.6 Å². The smallest absolute Gasteiger partial charge is 0.266 e. The molecule has 1 aromatic heterocycles. The molecule has 3 nitrogen and oxygen atoms in total. The maximum atomic E-state index is 12.0. The largest absolute Gasteiger partial charge is 0.298 e. The van der Waals surface area contributed by atoms with E-state index in [9.17, 15) is 4.79 Å². The number of nitrogens with zero attached hydrogens (tertiary/aromatic N) is 2. The number of rotatable bonds is 11. The van der Waals surface area contributed by atoms with Crippen LogP contribution in [0.1, 0.15) is 76.8 Å². The molecule has 0 aliphatic rings. The molecule has 0 spiro atoms. The van der Waals surface area contributed by atoms with Crippen molar-refractivity contribution in [3.05, 3.63) is 25.9 Å². The van der Waals surface area contributed by atoms with Gasteiger partial charge in [-0.1, -0.05) is 64.7 Å². The third kappa shape index (κ3) is 7.43. The summed E-state index contributed by atoms with van der Waals surface area (Å²) in [6.45, 7) is 4.95. The van der Waals surface area contributed by atoms with Crippen LogP contribution in [0.3, 0.4) is 0 Å². The number of aryl methyl sites for hydroxylation is 2. The molecule has 1 heterocycles. The number of unbranched alkanes of at least 4 members (excludes halogenated alkanes) is 9. The lowest BCUT2D eigenvalue weighted by molar-refractivity contribution is 0.526. The zero-order chi connectivity index (χ0) is 15.5. The van der Waals surface area contributed by atoms with Crippen molar-refractivity contribution in [1.82, 2.24) is 9.55 Å². The Kier molecular flexibility index (Phi) is 9.96. The molecule has 0 aliphatic heterocycles. The molecular weight excluding hydrogens is 375 g/mol. The molecule has 0 aliphatic carbocycles. The molecule has 0 amide bonds. The van der Waals surface area contributed by atoms with Crippen LogP contribution in [0.5, 0.6) is 0 Å². The van der Waals surface area contributed by atoms with Gasteiger partial charge in [0, 0.05) is 6.54 Å². The van der Waals surface area contributed by atoms with Gasteiger partial charge in [-0.15, -0.1) is 0 Å². The van der Waals surface area contributed by atoms with Crippen LogP contribution >= 0.6 is 22.6 Å². The Balaban J connectivity index is 2.07. The summed E-state index contributed by atoms with van der Waals surface area (Å²) in [5, 5.41) is 0. The van der Waals surface area contributed by atoms with E-state index in [-0.39, 0.29) is 5.56 Å². The molecule has 1 aromatic rings. The van der Waals surface area contributed by atoms with Crippen LogP contribution in [0.15, 0.2) is 11.1 Å². The van der Waals surface area contributed by atoms with Crippen molar-refractivity contribution >= 4 is 22.6 Å². The van der Waals surface area contributed by atoms with Gasteiger partial charge in [0.1, 0.15) is 0 Å². The highest BCUT2D eigenvalue weighted by molar-refractivity contribution is 14.1. The van der Waals surface area contributed by atoms with E-state index in [0.717, 1.165) is 22.2 Å². The zero-order valence-electron chi connectivity index (χ0n) is 13.5. The summed E-state index contributed by atoms with van der Waals surface area (Å²) in [6.07, 6.45) is 14.9. The number of hydrogen-bond acceptors (Lipinski definition) is 2. The van der Waals surface area contributed by atoms with Crippen LogP contribution in [0.2, 0.25) is 0 Å². The van der Waals surface area contributed by atoms with Gasteiger partial charge < -0.3 is 0 Å². The van der Waals surface area contributed by atoms with Crippen molar-refractivity contribution in [3.63, 3.8) is 0 Å². The van der Waals surface area contributed by atoms with Crippen LogP contribution in [-0.4, -0.2) is 9.55 Å². The van der Waals surface area contributed by atoms with Crippen molar-refractivity contribution < 1.29 is 0 Å². The van der Waals surface area contributed by atoms with Gasteiger partial charge in [-0.25, -0.2) is 4.98 Å². The van der Waals surface area contributed by atoms with Crippen LogP contribution in [-0.2, 0) is 6.54 Å². The highest BCUT2D eigenvalue weighted by atomic mass is 127. The Labute approximate surface area is 142 Å². The van der Waals surface area contributed by atoms with Crippen LogP contribution < -0.4 is 5.56 Å². The van der Waals surface area contributed by atoms with E-state index in [2.05, 4.69) is 34.5 Å². The molecule has 120 valence electrons. The van der Waals surface area contributed by atoms with Gasteiger partial charge in [-0.2, -0.15) is 0 Å². The molecule has 0 aromatic carbocycles. The van der Waals surface area contributed by atoms with E-state index in [1.54, 1.807) is 10.9 Å². The maximum absolute atomic E-state index is 12.0. The summed E-state index contributed by atoms with van der Waals surface area (Å²) >= 11 is 2.09. The van der Waals surface area contributed by atoms with E-state index in [0.29, 0.717) is 0 Å². The molecule has 4 heteroatoms. The van der Waals surface area contributed by atoms with E-state index in [1.165, 1.54) is 57.8 Å². The van der Waals surface area contributed by atoms with Gasteiger partial charge in [-0.05, 0) is 35.9 Å². The van der Waals surface area contributed by atoms with E-state index < -0.39 is 0 Å². The van der Waals surface area contributed by atoms with Crippen molar-refractivity contribution in [1.29, 1.82) is 0 Å². The van der Waals surface area contributed by atoms with Gasteiger partial charge in [0.25, 0.3) is 5.56 Å². The summed E-state index contributed by atoms with van der Waals surface area (Å²) in [6, 6.07) is 0. The molecule has 0 saturated carbocycles. The molecule has 1 rings (SSSR count). The lowest BCUT2D eigenvalue weighted by Gasteiger charge is -2.07. The minimum atomic E-state index is 0.110. The summed E-state index contributed by atoms with van der Waals surface area (Å²) in [5.41, 5.74) is 0.943. The highest BCUT2D eigenvalue weighted by Crippen LogP contribution is 2.11. The normalized spacial score (nSPS) is 11.0. The van der Waals surface area contributed by atoms with E-state index in [4.69, 9.17) is 0 Å². The fourth-order valence-corrected chi connectivity index (χ4v) is 2.92. The molecule has 0 bridgehead atoms. The first kappa shape index (κ1) is 18.7. The number of hydrogen-bond donors (Lipinski definition) is 0. The van der Waals surface area contributed by atoms with Gasteiger partial charge in [0.15, 0.2) is 0 Å². The van der Waals surface area contributed by atoms with Crippen LogP contribution in [0.25, 0.3) is 0 Å². The molecule has 0 atom stereocenters. The Bertz CT molecular complexity index is 457. The van der Waals surface area contributed by atoms with E-state index in [1.807, 2.05) is 6.92 Å².